The van der Waals surface area contributed by atoms with Crippen molar-refractivity contribution < 1.29 is 14.7 Å². The van der Waals surface area contributed by atoms with Gasteiger partial charge in [0.25, 0.3) is 0 Å². The first-order valence-electron chi connectivity index (χ1n) is 6.34. The normalized spacial score (nSPS) is 11.7. The highest BCUT2D eigenvalue weighted by atomic mass is 32.1. The number of pyridine rings is 1. The molecule has 21 heavy (non-hydrogen) atoms. The Morgan fingerprint density at radius 3 is 2.86 bits per heavy atom. The van der Waals surface area contributed by atoms with Crippen LogP contribution in [0.5, 0.6) is 0 Å². The van der Waals surface area contributed by atoms with Crippen LogP contribution in [0.15, 0.2) is 35.8 Å². The van der Waals surface area contributed by atoms with Crippen LogP contribution in [-0.2, 0) is 6.42 Å². The maximum atomic E-state index is 11.9. The second-order valence-electron chi connectivity index (χ2n) is 4.49. The van der Waals surface area contributed by atoms with Gasteiger partial charge in [0.05, 0.1) is 5.69 Å². The molecule has 1 unspecified atom stereocenters. The lowest BCUT2D eigenvalue weighted by Crippen LogP contribution is -2.37. The number of nitrogens with zero attached hydrogens (tertiary/aromatic N) is 1. The van der Waals surface area contributed by atoms with E-state index >= 15 is 0 Å². The standard InChI is InChI=1S/C14H15N3O3S/c1-9(8-10-4-3-7-21-10)16-14(20)17-11-5-2-6-15-12(11)13(18)19/h2-7,9H,8H2,1H3,(H,18,19)(H2,16,17,20). The van der Waals surface area contributed by atoms with Crippen LogP contribution >= 0.6 is 11.3 Å². The van der Waals surface area contributed by atoms with Gasteiger partial charge in [0.15, 0.2) is 5.69 Å². The van der Waals surface area contributed by atoms with Crippen molar-refractivity contribution >= 4 is 29.0 Å². The van der Waals surface area contributed by atoms with Crippen LogP contribution in [0.4, 0.5) is 10.5 Å². The average molecular weight is 305 g/mol. The Balaban J connectivity index is 1.94. The molecule has 2 amide bonds. The number of carboxylic acid groups (broad SMARTS) is 1. The van der Waals surface area contributed by atoms with Crippen LogP contribution in [0.1, 0.15) is 22.3 Å². The van der Waals surface area contributed by atoms with Crippen LogP contribution in [0.3, 0.4) is 0 Å². The number of thiophene rings is 1. The molecule has 7 heteroatoms. The van der Waals surface area contributed by atoms with Gasteiger partial charge in [-0.15, -0.1) is 11.3 Å². The summed E-state index contributed by atoms with van der Waals surface area (Å²) in [5, 5.41) is 16.3. The number of anilines is 1. The van der Waals surface area contributed by atoms with Crippen molar-refractivity contribution in [2.24, 2.45) is 0 Å². The zero-order valence-corrected chi connectivity index (χ0v) is 12.2. The first-order valence-corrected chi connectivity index (χ1v) is 7.22. The highest BCUT2D eigenvalue weighted by molar-refractivity contribution is 7.09. The van der Waals surface area contributed by atoms with Gasteiger partial charge in [-0.2, -0.15) is 0 Å². The van der Waals surface area contributed by atoms with Crippen molar-refractivity contribution in [3.05, 3.63) is 46.4 Å². The molecule has 0 aromatic carbocycles. The predicted molar refractivity (Wildman–Crippen MR) is 80.8 cm³/mol. The van der Waals surface area contributed by atoms with E-state index in [1.807, 2.05) is 24.4 Å². The van der Waals surface area contributed by atoms with Crippen molar-refractivity contribution in [3.8, 4) is 0 Å². The Hall–Kier alpha value is -2.41. The van der Waals surface area contributed by atoms with Crippen LogP contribution in [0, 0.1) is 0 Å². The molecule has 2 rings (SSSR count). The van der Waals surface area contributed by atoms with E-state index in [1.54, 1.807) is 17.4 Å². The highest BCUT2D eigenvalue weighted by Crippen LogP contribution is 2.13. The highest BCUT2D eigenvalue weighted by Gasteiger charge is 2.14. The van der Waals surface area contributed by atoms with E-state index < -0.39 is 12.0 Å². The molecule has 0 spiro atoms. The van der Waals surface area contributed by atoms with Gasteiger partial charge in [0.1, 0.15) is 0 Å². The molecule has 0 saturated carbocycles. The number of amides is 2. The van der Waals surface area contributed by atoms with Gasteiger partial charge < -0.3 is 15.7 Å². The molecule has 110 valence electrons. The summed E-state index contributed by atoms with van der Waals surface area (Å²) in [4.78, 5) is 27.8. The zero-order valence-electron chi connectivity index (χ0n) is 11.4. The minimum atomic E-state index is -1.18. The summed E-state index contributed by atoms with van der Waals surface area (Å²) in [6, 6.07) is 6.52. The fraction of sp³-hybridized carbons (Fsp3) is 0.214. The summed E-state index contributed by atoms with van der Waals surface area (Å²) in [7, 11) is 0. The third kappa shape index (κ3) is 4.28. The van der Waals surface area contributed by atoms with Crippen LogP contribution in [0.2, 0.25) is 0 Å². The molecule has 0 bridgehead atoms. The number of urea groups is 1. The van der Waals surface area contributed by atoms with E-state index in [0.717, 1.165) is 6.42 Å². The molecule has 0 saturated heterocycles. The molecular formula is C14H15N3O3S. The number of aromatic nitrogens is 1. The molecule has 0 radical (unpaired) electrons. The summed E-state index contributed by atoms with van der Waals surface area (Å²) in [5.74, 6) is -1.18. The summed E-state index contributed by atoms with van der Waals surface area (Å²) >= 11 is 1.63. The molecule has 2 aromatic rings. The van der Waals surface area contributed by atoms with Gasteiger partial charge in [-0.05, 0) is 30.5 Å². The molecule has 1 atom stereocenters. The van der Waals surface area contributed by atoms with Crippen molar-refractivity contribution in [2.45, 2.75) is 19.4 Å². The van der Waals surface area contributed by atoms with Gasteiger partial charge in [-0.25, -0.2) is 14.6 Å². The molecule has 0 aliphatic rings. The molecule has 0 fully saturated rings. The smallest absolute Gasteiger partial charge is 0.356 e. The van der Waals surface area contributed by atoms with Crippen molar-refractivity contribution in [1.29, 1.82) is 0 Å². The fourth-order valence-electron chi connectivity index (χ4n) is 1.84. The van der Waals surface area contributed by atoms with Crippen molar-refractivity contribution in [1.82, 2.24) is 10.3 Å². The second kappa shape index (κ2) is 6.85. The lowest BCUT2D eigenvalue weighted by molar-refractivity contribution is 0.0692. The van der Waals surface area contributed by atoms with Gasteiger partial charge in [0, 0.05) is 23.5 Å². The van der Waals surface area contributed by atoms with Crippen molar-refractivity contribution in [2.75, 3.05) is 5.32 Å². The Morgan fingerprint density at radius 2 is 2.19 bits per heavy atom. The predicted octanol–water partition coefficient (Wildman–Crippen LogP) is 2.59. The first kappa shape index (κ1) is 15.0. The SMILES string of the molecule is CC(Cc1cccs1)NC(=O)Nc1cccnc1C(=O)O. The van der Waals surface area contributed by atoms with Crippen LogP contribution < -0.4 is 10.6 Å². The number of nitrogens with one attached hydrogen (secondary N) is 2. The van der Waals surface area contributed by atoms with Gasteiger partial charge >= 0.3 is 12.0 Å². The Kier molecular flexibility index (Phi) is 4.89. The largest absolute Gasteiger partial charge is 0.476 e. The number of aromatic carboxylic acids is 1. The molecule has 0 aliphatic heterocycles. The molecular weight excluding hydrogens is 290 g/mol. The third-order valence-electron chi connectivity index (χ3n) is 2.72. The van der Waals surface area contributed by atoms with E-state index in [9.17, 15) is 9.59 Å². The number of carbonyl (C=O) groups excluding carboxylic acids is 1. The van der Waals surface area contributed by atoms with E-state index in [1.165, 1.54) is 17.1 Å². The Labute approximate surface area is 125 Å². The lowest BCUT2D eigenvalue weighted by atomic mass is 10.2. The summed E-state index contributed by atoms with van der Waals surface area (Å²) in [6.45, 7) is 1.89. The van der Waals surface area contributed by atoms with Gasteiger partial charge in [0.2, 0.25) is 0 Å². The van der Waals surface area contributed by atoms with E-state index in [0.29, 0.717) is 0 Å². The van der Waals surface area contributed by atoms with Crippen molar-refractivity contribution in [3.63, 3.8) is 0 Å². The molecule has 2 aromatic heterocycles. The fourth-order valence-corrected chi connectivity index (χ4v) is 2.68. The van der Waals surface area contributed by atoms with Crippen LogP contribution in [-0.4, -0.2) is 28.1 Å². The van der Waals surface area contributed by atoms with Crippen LogP contribution in [0.25, 0.3) is 0 Å². The topological polar surface area (TPSA) is 91.3 Å². The minimum Gasteiger partial charge on any atom is -0.476 e. The molecule has 0 aliphatic carbocycles. The van der Waals surface area contributed by atoms with Gasteiger partial charge in [-0.1, -0.05) is 6.07 Å². The average Bonchev–Trinajstić information content (AvgIpc) is 2.91. The number of carbonyl (C=O) groups is 2. The number of rotatable bonds is 5. The Bertz CT molecular complexity index is 628. The number of carboxylic acids is 1. The third-order valence-corrected chi connectivity index (χ3v) is 3.62. The van der Waals surface area contributed by atoms with E-state index in [2.05, 4.69) is 15.6 Å². The Morgan fingerprint density at radius 1 is 1.38 bits per heavy atom. The maximum Gasteiger partial charge on any atom is 0.356 e. The van der Waals surface area contributed by atoms with E-state index in [-0.39, 0.29) is 17.4 Å². The van der Waals surface area contributed by atoms with E-state index in [4.69, 9.17) is 5.11 Å². The number of hydrogen-bond acceptors (Lipinski definition) is 4. The summed E-state index contributed by atoms with van der Waals surface area (Å²) < 4.78 is 0. The second-order valence-corrected chi connectivity index (χ2v) is 5.52. The summed E-state index contributed by atoms with van der Waals surface area (Å²) in [5.41, 5.74) is -0.00983. The van der Waals surface area contributed by atoms with Gasteiger partial charge in [-0.3, -0.25) is 0 Å². The maximum absolute atomic E-state index is 11.9. The number of hydrogen-bond donors (Lipinski definition) is 3. The first-order chi connectivity index (χ1) is 10.1. The summed E-state index contributed by atoms with van der Waals surface area (Å²) in [6.07, 6.45) is 2.09. The zero-order chi connectivity index (χ0) is 15.2. The molecule has 3 N–H and O–H groups in total. The lowest BCUT2D eigenvalue weighted by Gasteiger charge is -2.14. The molecule has 6 nitrogen and oxygen atoms in total. The minimum absolute atomic E-state index is 0.0615. The molecule has 2 heterocycles. The quantitative estimate of drug-likeness (QED) is 0.792. The monoisotopic (exact) mass is 305 g/mol.